The summed E-state index contributed by atoms with van der Waals surface area (Å²) in [5.41, 5.74) is 2.79. The highest BCUT2D eigenvalue weighted by atomic mass is 79.9. The topological polar surface area (TPSA) is 29.9 Å². The molecule has 0 amide bonds. The average molecular weight is 314 g/mol. The Labute approximate surface area is 118 Å². The highest BCUT2D eigenvalue weighted by Gasteiger charge is 2.28. The van der Waals surface area contributed by atoms with Gasteiger partial charge in [-0.1, -0.05) is 19.8 Å². The third-order valence-corrected chi connectivity index (χ3v) is 5.00. The van der Waals surface area contributed by atoms with E-state index < -0.39 is 0 Å². The van der Waals surface area contributed by atoms with E-state index in [0.717, 1.165) is 19.5 Å². The minimum atomic E-state index is 0.328. The largest absolute Gasteiger partial charge is 0.306 e. The number of aryl methyl sites for hydroxylation is 2. The van der Waals surface area contributed by atoms with Gasteiger partial charge >= 0.3 is 0 Å². The molecule has 0 atom stereocenters. The molecule has 1 fully saturated rings. The maximum atomic E-state index is 4.64. The lowest BCUT2D eigenvalue weighted by atomic mass is 10.0. The van der Waals surface area contributed by atoms with Crippen LogP contribution in [0.3, 0.4) is 0 Å². The van der Waals surface area contributed by atoms with E-state index in [0.29, 0.717) is 5.54 Å². The van der Waals surface area contributed by atoms with Gasteiger partial charge < -0.3 is 5.32 Å². The van der Waals surface area contributed by atoms with Crippen molar-refractivity contribution in [2.24, 2.45) is 0 Å². The zero-order chi connectivity index (χ0) is 13.2. The van der Waals surface area contributed by atoms with Crippen molar-refractivity contribution >= 4 is 15.9 Å². The fraction of sp³-hybridized carbons (Fsp3) is 0.786. The molecule has 0 aromatic carbocycles. The van der Waals surface area contributed by atoms with Crippen LogP contribution in [0.5, 0.6) is 0 Å². The van der Waals surface area contributed by atoms with Crippen molar-refractivity contribution in [2.75, 3.05) is 0 Å². The molecular formula is C14H24BrN3. The van der Waals surface area contributed by atoms with E-state index in [4.69, 9.17) is 0 Å². The van der Waals surface area contributed by atoms with Gasteiger partial charge in [0.25, 0.3) is 0 Å². The van der Waals surface area contributed by atoms with Gasteiger partial charge in [-0.2, -0.15) is 5.10 Å². The fourth-order valence-corrected chi connectivity index (χ4v) is 3.52. The minimum absolute atomic E-state index is 0.328. The van der Waals surface area contributed by atoms with Crippen LogP contribution in [-0.4, -0.2) is 15.3 Å². The van der Waals surface area contributed by atoms with Crippen LogP contribution in [0.1, 0.15) is 57.8 Å². The summed E-state index contributed by atoms with van der Waals surface area (Å²) in [4.78, 5) is 0. The number of nitrogens with one attached hydrogen (secondary N) is 1. The Bertz CT molecular complexity index is 405. The molecule has 1 saturated carbocycles. The third kappa shape index (κ3) is 2.80. The van der Waals surface area contributed by atoms with Crippen LogP contribution in [0.2, 0.25) is 0 Å². The molecule has 1 aliphatic carbocycles. The summed E-state index contributed by atoms with van der Waals surface area (Å²) in [6.07, 6.45) is 6.30. The Hall–Kier alpha value is -0.350. The Morgan fingerprint density at radius 1 is 1.33 bits per heavy atom. The second-order valence-corrected chi connectivity index (χ2v) is 6.29. The molecule has 1 aromatic rings. The van der Waals surface area contributed by atoms with Crippen molar-refractivity contribution in [3.63, 3.8) is 0 Å². The summed E-state index contributed by atoms with van der Waals surface area (Å²) in [5, 5.41) is 8.38. The number of hydrogen-bond acceptors (Lipinski definition) is 2. The van der Waals surface area contributed by atoms with E-state index in [-0.39, 0.29) is 0 Å². The van der Waals surface area contributed by atoms with Gasteiger partial charge in [-0.25, -0.2) is 0 Å². The maximum Gasteiger partial charge on any atom is 0.0767 e. The summed E-state index contributed by atoms with van der Waals surface area (Å²) in [7, 11) is 0. The highest BCUT2D eigenvalue weighted by Crippen LogP contribution is 2.30. The average Bonchev–Trinajstić information content (AvgIpc) is 2.92. The molecule has 2 rings (SSSR count). The number of aromatic nitrogens is 2. The standard InChI is InChI=1S/C14H24BrN3/c1-4-11-13(15)12(18(5-2)17-11)10-16-14(3)8-6-7-9-14/h16H,4-10H2,1-3H3. The molecule has 4 heteroatoms. The van der Waals surface area contributed by atoms with Gasteiger partial charge in [0.1, 0.15) is 0 Å². The Morgan fingerprint density at radius 3 is 2.56 bits per heavy atom. The van der Waals surface area contributed by atoms with Crippen LogP contribution < -0.4 is 5.32 Å². The van der Waals surface area contributed by atoms with Gasteiger partial charge in [-0.05, 0) is 49.0 Å². The van der Waals surface area contributed by atoms with E-state index in [1.807, 2.05) is 0 Å². The lowest BCUT2D eigenvalue weighted by Gasteiger charge is -2.25. The van der Waals surface area contributed by atoms with Gasteiger partial charge in [0, 0.05) is 18.6 Å². The SMILES string of the molecule is CCc1nn(CC)c(CNC2(C)CCCC2)c1Br. The third-order valence-electron chi connectivity index (χ3n) is 4.08. The molecule has 102 valence electrons. The first kappa shape index (κ1) is 14.1. The fourth-order valence-electron chi connectivity index (χ4n) is 2.82. The molecule has 0 saturated heterocycles. The van der Waals surface area contributed by atoms with E-state index in [1.165, 1.54) is 41.5 Å². The molecule has 1 aliphatic rings. The van der Waals surface area contributed by atoms with E-state index in [9.17, 15) is 0 Å². The number of halogens is 1. The molecule has 3 nitrogen and oxygen atoms in total. The van der Waals surface area contributed by atoms with Gasteiger partial charge in [0.05, 0.1) is 15.9 Å². The normalized spacial score (nSPS) is 18.4. The first-order valence-corrected chi connectivity index (χ1v) is 7.88. The molecule has 18 heavy (non-hydrogen) atoms. The first-order chi connectivity index (χ1) is 8.59. The molecule has 1 N–H and O–H groups in total. The zero-order valence-electron chi connectivity index (χ0n) is 11.7. The zero-order valence-corrected chi connectivity index (χ0v) is 13.3. The molecule has 1 aromatic heterocycles. The van der Waals surface area contributed by atoms with E-state index in [1.54, 1.807) is 0 Å². The predicted octanol–water partition coefficient (Wildman–Crippen LogP) is 3.65. The molecular weight excluding hydrogens is 290 g/mol. The molecule has 0 radical (unpaired) electrons. The van der Waals surface area contributed by atoms with Crippen molar-refractivity contribution in [3.05, 3.63) is 15.9 Å². The Balaban J connectivity index is 2.10. The summed E-state index contributed by atoms with van der Waals surface area (Å²) in [5.74, 6) is 0. The van der Waals surface area contributed by atoms with Crippen LogP contribution in [0.4, 0.5) is 0 Å². The van der Waals surface area contributed by atoms with Crippen molar-refractivity contribution in [3.8, 4) is 0 Å². The van der Waals surface area contributed by atoms with Crippen LogP contribution >= 0.6 is 15.9 Å². The van der Waals surface area contributed by atoms with Crippen molar-refractivity contribution in [1.82, 2.24) is 15.1 Å². The summed E-state index contributed by atoms with van der Waals surface area (Å²) in [6.45, 7) is 8.51. The predicted molar refractivity (Wildman–Crippen MR) is 78.7 cm³/mol. The van der Waals surface area contributed by atoms with Crippen molar-refractivity contribution in [1.29, 1.82) is 0 Å². The summed E-state index contributed by atoms with van der Waals surface area (Å²) in [6, 6.07) is 0. The van der Waals surface area contributed by atoms with Crippen LogP contribution in [-0.2, 0) is 19.5 Å². The lowest BCUT2D eigenvalue weighted by molar-refractivity contribution is 0.355. The van der Waals surface area contributed by atoms with Crippen molar-refractivity contribution < 1.29 is 0 Å². The van der Waals surface area contributed by atoms with E-state index in [2.05, 4.69) is 51.8 Å². The molecule has 0 bridgehead atoms. The van der Waals surface area contributed by atoms with Gasteiger partial charge in [0.2, 0.25) is 0 Å². The van der Waals surface area contributed by atoms with Crippen LogP contribution in [0, 0.1) is 0 Å². The maximum absolute atomic E-state index is 4.64. The Kier molecular flexibility index (Phi) is 4.49. The number of hydrogen-bond donors (Lipinski definition) is 1. The second kappa shape index (κ2) is 5.74. The molecule has 0 unspecified atom stereocenters. The van der Waals surface area contributed by atoms with Gasteiger partial charge in [-0.15, -0.1) is 0 Å². The summed E-state index contributed by atoms with van der Waals surface area (Å²) < 4.78 is 3.31. The monoisotopic (exact) mass is 313 g/mol. The van der Waals surface area contributed by atoms with Gasteiger partial charge in [-0.3, -0.25) is 4.68 Å². The highest BCUT2D eigenvalue weighted by molar-refractivity contribution is 9.10. The molecule has 1 heterocycles. The van der Waals surface area contributed by atoms with Gasteiger partial charge in [0.15, 0.2) is 0 Å². The second-order valence-electron chi connectivity index (χ2n) is 5.50. The summed E-state index contributed by atoms with van der Waals surface area (Å²) >= 11 is 3.71. The van der Waals surface area contributed by atoms with Crippen LogP contribution in [0.15, 0.2) is 4.47 Å². The molecule has 0 aliphatic heterocycles. The van der Waals surface area contributed by atoms with Crippen LogP contribution in [0.25, 0.3) is 0 Å². The Morgan fingerprint density at radius 2 is 2.00 bits per heavy atom. The van der Waals surface area contributed by atoms with E-state index >= 15 is 0 Å². The number of rotatable bonds is 5. The first-order valence-electron chi connectivity index (χ1n) is 7.08. The van der Waals surface area contributed by atoms with Crippen molar-refractivity contribution in [2.45, 2.75) is 71.5 Å². The number of nitrogens with zero attached hydrogens (tertiary/aromatic N) is 2. The minimum Gasteiger partial charge on any atom is -0.306 e. The molecule has 0 spiro atoms. The lowest BCUT2D eigenvalue weighted by Crippen LogP contribution is -2.39. The smallest absolute Gasteiger partial charge is 0.0767 e. The quantitative estimate of drug-likeness (QED) is 0.899.